The predicted octanol–water partition coefficient (Wildman–Crippen LogP) is -0.131. The van der Waals surface area contributed by atoms with Crippen LogP contribution in [0.4, 0.5) is 0 Å². The molecule has 0 saturated heterocycles. The van der Waals surface area contributed by atoms with Gasteiger partial charge in [0, 0.05) is 0 Å². The van der Waals surface area contributed by atoms with Crippen molar-refractivity contribution in [2.24, 2.45) is 5.84 Å². The summed E-state index contributed by atoms with van der Waals surface area (Å²) in [6, 6.07) is 6.93. The highest BCUT2D eigenvalue weighted by Crippen LogP contribution is 2.12. The second-order valence-electron chi connectivity index (χ2n) is 2.99. The molecule has 0 atom stereocenters. The Labute approximate surface area is 92.9 Å². The van der Waals surface area contributed by atoms with Gasteiger partial charge in [0.2, 0.25) is 0 Å². The standard InChI is InChI=1S/C10H14N2O4/c11-12-16-10(14)5-6-15-9-3-1-8(7-13)2-4-9/h1-4,12-13H,5-7,11H2. The fraction of sp³-hybridized carbons (Fsp3) is 0.300. The average Bonchev–Trinajstić information content (AvgIpc) is 2.30. The minimum Gasteiger partial charge on any atom is -0.493 e. The SMILES string of the molecule is NNOC(=O)CCOc1ccc(CO)cc1. The fourth-order valence-corrected chi connectivity index (χ4v) is 1.06. The van der Waals surface area contributed by atoms with Crippen LogP contribution in [0.3, 0.4) is 0 Å². The number of nitrogens with two attached hydrogens (primary N) is 1. The first-order valence-corrected chi connectivity index (χ1v) is 4.74. The van der Waals surface area contributed by atoms with Crippen LogP contribution < -0.4 is 16.2 Å². The third-order valence-corrected chi connectivity index (χ3v) is 1.85. The van der Waals surface area contributed by atoms with Gasteiger partial charge in [0.25, 0.3) is 0 Å². The Balaban J connectivity index is 2.29. The van der Waals surface area contributed by atoms with Gasteiger partial charge in [-0.25, -0.2) is 5.84 Å². The second-order valence-corrected chi connectivity index (χ2v) is 2.99. The number of hydrazine groups is 1. The van der Waals surface area contributed by atoms with Crippen molar-refractivity contribution in [3.63, 3.8) is 0 Å². The van der Waals surface area contributed by atoms with Crippen LogP contribution >= 0.6 is 0 Å². The first-order valence-electron chi connectivity index (χ1n) is 4.74. The van der Waals surface area contributed by atoms with Gasteiger partial charge in [-0.15, -0.1) is 0 Å². The second kappa shape index (κ2) is 6.78. The van der Waals surface area contributed by atoms with E-state index in [1.165, 1.54) is 0 Å². The van der Waals surface area contributed by atoms with Gasteiger partial charge in [0.05, 0.1) is 19.6 Å². The molecule has 0 aliphatic heterocycles. The van der Waals surface area contributed by atoms with E-state index in [0.717, 1.165) is 5.56 Å². The Kier molecular flexibility index (Phi) is 5.27. The topological polar surface area (TPSA) is 93.8 Å². The number of ether oxygens (including phenoxy) is 1. The Morgan fingerprint density at radius 2 is 2.06 bits per heavy atom. The summed E-state index contributed by atoms with van der Waals surface area (Å²) in [6.45, 7) is 0.202. The summed E-state index contributed by atoms with van der Waals surface area (Å²) in [5, 5.41) is 8.82. The van der Waals surface area contributed by atoms with Crippen LogP contribution in [0, 0.1) is 0 Å². The maximum absolute atomic E-state index is 10.9. The molecule has 1 aromatic rings. The summed E-state index contributed by atoms with van der Waals surface area (Å²) in [5.41, 5.74) is 2.60. The quantitative estimate of drug-likeness (QED) is 0.462. The van der Waals surface area contributed by atoms with Crippen LogP contribution in [0.25, 0.3) is 0 Å². The number of hydrogen-bond acceptors (Lipinski definition) is 6. The van der Waals surface area contributed by atoms with Crippen molar-refractivity contribution in [2.45, 2.75) is 13.0 Å². The number of nitrogens with one attached hydrogen (secondary N) is 1. The van der Waals surface area contributed by atoms with E-state index < -0.39 is 5.97 Å². The highest BCUT2D eigenvalue weighted by atomic mass is 16.7. The predicted molar refractivity (Wildman–Crippen MR) is 55.9 cm³/mol. The van der Waals surface area contributed by atoms with Crippen LogP contribution in [0.1, 0.15) is 12.0 Å². The number of benzene rings is 1. The van der Waals surface area contributed by atoms with Crippen molar-refractivity contribution >= 4 is 5.97 Å². The van der Waals surface area contributed by atoms with Crippen LogP contribution in [0.2, 0.25) is 0 Å². The van der Waals surface area contributed by atoms with Crippen molar-refractivity contribution in [1.82, 2.24) is 5.59 Å². The monoisotopic (exact) mass is 226 g/mol. The van der Waals surface area contributed by atoms with E-state index in [1.807, 2.05) is 0 Å². The number of carbonyl (C=O) groups excluding carboxylic acids is 1. The Bertz CT molecular complexity index is 326. The molecule has 0 aromatic heterocycles. The van der Waals surface area contributed by atoms with Crippen LogP contribution in [-0.4, -0.2) is 17.7 Å². The molecule has 88 valence electrons. The third kappa shape index (κ3) is 4.26. The zero-order chi connectivity index (χ0) is 11.8. The first kappa shape index (κ1) is 12.4. The lowest BCUT2D eigenvalue weighted by Crippen LogP contribution is -2.26. The van der Waals surface area contributed by atoms with Crippen LogP contribution in [0.15, 0.2) is 24.3 Å². The summed E-state index contributed by atoms with van der Waals surface area (Å²) in [4.78, 5) is 15.1. The summed E-state index contributed by atoms with van der Waals surface area (Å²) in [5.74, 6) is 4.93. The van der Waals surface area contributed by atoms with Crippen molar-refractivity contribution in [1.29, 1.82) is 0 Å². The van der Waals surface area contributed by atoms with Gasteiger partial charge < -0.3 is 14.7 Å². The number of aliphatic hydroxyl groups excluding tert-OH is 1. The number of carbonyl (C=O) groups is 1. The highest BCUT2D eigenvalue weighted by Gasteiger charge is 2.02. The molecule has 0 aliphatic carbocycles. The van der Waals surface area contributed by atoms with E-state index in [4.69, 9.17) is 15.7 Å². The molecule has 0 aliphatic rings. The van der Waals surface area contributed by atoms with Gasteiger partial charge >= 0.3 is 5.97 Å². The van der Waals surface area contributed by atoms with Crippen molar-refractivity contribution in [3.8, 4) is 5.75 Å². The Hall–Kier alpha value is -1.63. The molecule has 6 heteroatoms. The van der Waals surface area contributed by atoms with E-state index in [-0.39, 0.29) is 19.6 Å². The van der Waals surface area contributed by atoms with Crippen molar-refractivity contribution in [2.75, 3.05) is 6.61 Å². The number of rotatable bonds is 6. The lowest BCUT2D eigenvalue weighted by atomic mass is 10.2. The van der Waals surface area contributed by atoms with Crippen molar-refractivity contribution in [3.05, 3.63) is 29.8 Å². The van der Waals surface area contributed by atoms with E-state index in [1.54, 1.807) is 29.9 Å². The van der Waals surface area contributed by atoms with Gasteiger partial charge in [0.1, 0.15) is 5.75 Å². The Morgan fingerprint density at radius 3 is 2.62 bits per heavy atom. The van der Waals surface area contributed by atoms with Gasteiger partial charge in [-0.2, -0.15) is 0 Å². The smallest absolute Gasteiger partial charge is 0.329 e. The largest absolute Gasteiger partial charge is 0.493 e. The Morgan fingerprint density at radius 1 is 1.38 bits per heavy atom. The lowest BCUT2D eigenvalue weighted by molar-refractivity contribution is -0.151. The third-order valence-electron chi connectivity index (χ3n) is 1.85. The highest BCUT2D eigenvalue weighted by molar-refractivity contribution is 5.69. The molecule has 4 N–H and O–H groups in total. The normalized spacial score (nSPS) is 9.88. The van der Waals surface area contributed by atoms with Crippen LogP contribution in [0.5, 0.6) is 5.75 Å². The molecular weight excluding hydrogens is 212 g/mol. The van der Waals surface area contributed by atoms with Crippen LogP contribution in [-0.2, 0) is 16.2 Å². The molecule has 0 unspecified atom stereocenters. The maximum atomic E-state index is 10.9. The summed E-state index contributed by atoms with van der Waals surface area (Å²) < 4.78 is 5.27. The molecule has 0 fully saturated rings. The van der Waals surface area contributed by atoms with Gasteiger partial charge in [0.15, 0.2) is 0 Å². The molecule has 1 rings (SSSR count). The summed E-state index contributed by atoms with van der Waals surface area (Å²) in [6.07, 6.45) is 0.103. The molecule has 0 saturated carbocycles. The van der Waals surface area contributed by atoms with E-state index in [2.05, 4.69) is 4.84 Å². The van der Waals surface area contributed by atoms with Gasteiger partial charge in [-0.1, -0.05) is 17.7 Å². The molecule has 0 heterocycles. The number of hydrogen-bond donors (Lipinski definition) is 3. The van der Waals surface area contributed by atoms with Crippen molar-refractivity contribution < 1.29 is 19.5 Å². The summed E-state index contributed by atoms with van der Waals surface area (Å²) >= 11 is 0. The van der Waals surface area contributed by atoms with Gasteiger partial charge in [-0.05, 0) is 17.7 Å². The van der Waals surface area contributed by atoms with Gasteiger partial charge in [-0.3, -0.25) is 4.79 Å². The molecule has 1 aromatic carbocycles. The minimum atomic E-state index is -0.491. The molecular formula is C10H14N2O4. The molecule has 0 spiro atoms. The van der Waals surface area contributed by atoms with E-state index in [9.17, 15) is 4.79 Å². The summed E-state index contributed by atoms with van der Waals surface area (Å²) in [7, 11) is 0. The molecule has 0 radical (unpaired) electrons. The molecule has 6 nitrogen and oxygen atoms in total. The average molecular weight is 226 g/mol. The molecule has 0 amide bonds. The fourth-order valence-electron chi connectivity index (χ4n) is 1.06. The first-order chi connectivity index (χ1) is 7.76. The van der Waals surface area contributed by atoms with E-state index >= 15 is 0 Å². The zero-order valence-electron chi connectivity index (χ0n) is 8.68. The zero-order valence-corrected chi connectivity index (χ0v) is 8.68. The maximum Gasteiger partial charge on any atom is 0.329 e. The van der Waals surface area contributed by atoms with E-state index in [0.29, 0.717) is 5.75 Å². The minimum absolute atomic E-state index is 0.00518. The number of aliphatic hydroxyl groups is 1. The lowest BCUT2D eigenvalue weighted by Gasteiger charge is -2.06. The molecule has 0 bridgehead atoms. The molecule has 16 heavy (non-hydrogen) atoms.